The number of nitrogens with one attached hydrogen (secondary N) is 3. The molecular weight excluding hydrogens is 464 g/mol. The van der Waals surface area contributed by atoms with Crippen molar-refractivity contribution in [1.82, 2.24) is 10.2 Å². The van der Waals surface area contributed by atoms with Gasteiger partial charge in [-0.1, -0.05) is 0 Å². The van der Waals surface area contributed by atoms with Crippen molar-refractivity contribution in [3.63, 3.8) is 0 Å². The molecule has 1 aliphatic rings. The van der Waals surface area contributed by atoms with Crippen LogP contribution in [-0.2, 0) is 9.59 Å². The maximum Gasteiger partial charge on any atom is 0.248 e. The largest absolute Gasteiger partial charge is 0.496 e. The monoisotopic (exact) mass is 498 g/mol. The van der Waals surface area contributed by atoms with Gasteiger partial charge in [-0.2, -0.15) is 0 Å². The first-order chi connectivity index (χ1) is 17.4. The van der Waals surface area contributed by atoms with Crippen LogP contribution in [0.3, 0.4) is 0 Å². The number of rotatable bonds is 10. The first-order valence-electron chi connectivity index (χ1n) is 11.6. The number of nitrogens with zero attached hydrogens (tertiary/aromatic N) is 1. The zero-order valence-electron chi connectivity index (χ0n) is 21.3. The summed E-state index contributed by atoms with van der Waals surface area (Å²) in [5.74, 6) is 1.57. The van der Waals surface area contributed by atoms with Gasteiger partial charge in [-0.15, -0.1) is 0 Å². The third kappa shape index (κ3) is 7.12. The molecule has 1 fully saturated rings. The van der Waals surface area contributed by atoms with Crippen LogP contribution in [0.2, 0.25) is 0 Å². The molecule has 36 heavy (non-hydrogen) atoms. The molecule has 3 N–H and O–H groups in total. The van der Waals surface area contributed by atoms with Crippen molar-refractivity contribution in [2.24, 2.45) is 0 Å². The highest BCUT2D eigenvalue weighted by Crippen LogP contribution is 2.35. The van der Waals surface area contributed by atoms with E-state index in [1.54, 1.807) is 43.5 Å². The number of amides is 2. The summed E-state index contributed by atoms with van der Waals surface area (Å²) in [6.07, 6.45) is 3.31. The summed E-state index contributed by atoms with van der Waals surface area (Å²) in [4.78, 5) is 27.5. The van der Waals surface area contributed by atoms with Gasteiger partial charge in [0.2, 0.25) is 11.8 Å². The van der Waals surface area contributed by atoms with Crippen LogP contribution in [0.25, 0.3) is 6.08 Å². The summed E-state index contributed by atoms with van der Waals surface area (Å²) in [7, 11) is 8.17. The average Bonchev–Trinajstić information content (AvgIpc) is 2.87. The molecule has 10 nitrogen and oxygen atoms in total. The van der Waals surface area contributed by atoms with Crippen molar-refractivity contribution in [3.05, 3.63) is 42.0 Å². The zero-order chi connectivity index (χ0) is 26.1. The van der Waals surface area contributed by atoms with Crippen LogP contribution in [0.5, 0.6) is 23.0 Å². The molecule has 0 radical (unpaired) electrons. The fourth-order valence-corrected chi connectivity index (χ4v) is 3.98. The van der Waals surface area contributed by atoms with E-state index in [1.165, 1.54) is 27.4 Å². The molecule has 194 valence electrons. The van der Waals surface area contributed by atoms with Gasteiger partial charge in [0.25, 0.3) is 0 Å². The molecule has 10 heteroatoms. The van der Waals surface area contributed by atoms with E-state index in [1.807, 2.05) is 7.05 Å². The van der Waals surface area contributed by atoms with Gasteiger partial charge in [-0.25, -0.2) is 0 Å². The van der Waals surface area contributed by atoms with Crippen molar-refractivity contribution in [2.45, 2.75) is 12.5 Å². The second kappa shape index (κ2) is 12.8. The number of methoxy groups -OCH3 is 4. The number of hydrogen-bond donors (Lipinski definition) is 3. The van der Waals surface area contributed by atoms with E-state index in [0.29, 0.717) is 46.4 Å². The Labute approximate surface area is 211 Å². The minimum Gasteiger partial charge on any atom is -0.496 e. The van der Waals surface area contributed by atoms with Crippen molar-refractivity contribution < 1.29 is 28.5 Å². The molecule has 0 aromatic heterocycles. The predicted octanol–water partition coefficient (Wildman–Crippen LogP) is 2.61. The van der Waals surface area contributed by atoms with Crippen LogP contribution in [-0.4, -0.2) is 77.9 Å². The lowest BCUT2D eigenvalue weighted by atomic mass is 10.1. The molecule has 2 aromatic carbocycles. The van der Waals surface area contributed by atoms with Crippen molar-refractivity contribution in [2.75, 3.05) is 65.8 Å². The van der Waals surface area contributed by atoms with Crippen molar-refractivity contribution in [1.29, 1.82) is 0 Å². The van der Waals surface area contributed by atoms with Crippen LogP contribution < -0.4 is 34.9 Å². The Hall–Kier alpha value is -3.76. The Bertz CT molecular complexity index is 1080. The second-order valence-electron chi connectivity index (χ2n) is 8.35. The second-order valence-corrected chi connectivity index (χ2v) is 8.35. The maximum absolute atomic E-state index is 12.7. The van der Waals surface area contributed by atoms with E-state index in [9.17, 15) is 9.59 Å². The number of likely N-dealkylation sites (N-methyl/N-ethyl adjacent to an activating group) is 1. The van der Waals surface area contributed by atoms with Gasteiger partial charge in [0.1, 0.15) is 23.0 Å². The van der Waals surface area contributed by atoms with Crippen LogP contribution in [0.1, 0.15) is 12.0 Å². The average molecular weight is 499 g/mol. The van der Waals surface area contributed by atoms with E-state index in [0.717, 1.165) is 19.6 Å². The Kier molecular flexibility index (Phi) is 9.54. The fraction of sp³-hybridized carbons (Fsp3) is 0.385. The fourth-order valence-electron chi connectivity index (χ4n) is 3.98. The van der Waals surface area contributed by atoms with E-state index >= 15 is 0 Å². The summed E-state index contributed by atoms with van der Waals surface area (Å²) in [5, 5.41) is 9.06. The molecule has 1 aliphatic heterocycles. The molecule has 2 aromatic rings. The number of ether oxygens (including phenoxy) is 4. The van der Waals surface area contributed by atoms with Crippen LogP contribution in [0.4, 0.5) is 11.4 Å². The minimum atomic E-state index is -0.369. The van der Waals surface area contributed by atoms with E-state index < -0.39 is 0 Å². The Morgan fingerprint density at radius 2 is 1.69 bits per heavy atom. The molecule has 0 bridgehead atoms. The number of anilines is 2. The lowest BCUT2D eigenvalue weighted by molar-refractivity contribution is -0.117. The maximum atomic E-state index is 12.7. The topological polar surface area (TPSA) is 110 Å². The van der Waals surface area contributed by atoms with E-state index in [-0.39, 0.29) is 17.9 Å². The molecule has 0 spiro atoms. The third-order valence-electron chi connectivity index (χ3n) is 5.79. The summed E-state index contributed by atoms with van der Waals surface area (Å²) in [6.45, 7) is 2.61. The first kappa shape index (κ1) is 26.8. The molecule has 1 heterocycles. The number of carbonyl (C=O) groups is 2. The summed E-state index contributed by atoms with van der Waals surface area (Å²) in [5.41, 5.74) is 1.58. The van der Waals surface area contributed by atoms with Crippen LogP contribution in [0, 0.1) is 0 Å². The molecular formula is C26H34N4O6. The highest BCUT2D eigenvalue weighted by molar-refractivity contribution is 6.03. The molecule has 1 atom stereocenters. The number of carbonyl (C=O) groups excluding carboxylic acids is 2. The SMILES string of the molecule is COc1cc(OC)c(/C=C/C(=O)Nc2ccc(OC)c(NC(=O)CC3CN(C)CCN3)c2)c(OC)c1. The van der Waals surface area contributed by atoms with Gasteiger partial charge in [-0.05, 0) is 31.3 Å². The molecule has 3 rings (SSSR count). The highest BCUT2D eigenvalue weighted by atomic mass is 16.5. The smallest absolute Gasteiger partial charge is 0.248 e. The van der Waals surface area contributed by atoms with E-state index in [4.69, 9.17) is 18.9 Å². The van der Waals surface area contributed by atoms with Crippen molar-refractivity contribution in [3.8, 4) is 23.0 Å². The number of piperazine rings is 1. The lowest BCUT2D eigenvalue weighted by Crippen LogP contribution is -2.50. The standard InChI is InChI=1S/C26H34N4O6/c1-30-11-10-27-18(16-30)13-26(32)29-21-12-17(6-8-22(21)34-3)28-25(31)9-7-20-23(35-4)14-19(33-2)15-24(20)36-5/h6-9,12,14-15,18,27H,10-11,13,16H2,1-5H3,(H,28,31)(H,29,32)/b9-7+. The Morgan fingerprint density at radius 1 is 1.00 bits per heavy atom. The lowest BCUT2D eigenvalue weighted by Gasteiger charge is -2.30. The predicted molar refractivity (Wildman–Crippen MR) is 139 cm³/mol. The summed E-state index contributed by atoms with van der Waals surface area (Å²) < 4.78 is 21.5. The molecule has 2 amide bonds. The zero-order valence-corrected chi connectivity index (χ0v) is 21.3. The van der Waals surface area contributed by atoms with Gasteiger partial charge in [-0.3, -0.25) is 9.59 Å². The quantitative estimate of drug-likeness (QED) is 0.429. The third-order valence-corrected chi connectivity index (χ3v) is 5.79. The molecule has 0 saturated carbocycles. The first-order valence-corrected chi connectivity index (χ1v) is 11.6. The van der Waals surface area contributed by atoms with Gasteiger partial charge in [0.05, 0.1) is 39.7 Å². The van der Waals surface area contributed by atoms with Crippen LogP contribution in [0.15, 0.2) is 36.4 Å². The van der Waals surface area contributed by atoms with Gasteiger partial charge in [0, 0.05) is 56.0 Å². The summed E-state index contributed by atoms with van der Waals surface area (Å²) >= 11 is 0. The highest BCUT2D eigenvalue weighted by Gasteiger charge is 2.20. The molecule has 0 aliphatic carbocycles. The van der Waals surface area contributed by atoms with Gasteiger partial charge >= 0.3 is 0 Å². The van der Waals surface area contributed by atoms with Crippen molar-refractivity contribution >= 4 is 29.3 Å². The summed E-state index contributed by atoms with van der Waals surface area (Å²) in [6, 6.07) is 8.55. The van der Waals surface area contributed by atoms with Crippen LogP contribution >= 0.6 is 0 Å². The normalized spacial score (nSPS) is 15.9. The van der Waals surface area contributed by atoms with Gasteiger partial charge in [0.15, 0.2) is 0 Å². The Balaban J connectivity index is 1.70. The number of benzene rings is 2. The minimum absolute atomic E-state index is 0.0784. The van der Waals surface area contributed by atoms with Gasteiger partial charge < -0.3 is 39.8 Å². The number of hydrogen-bond acceptors (Lipinski definition) is 8. The Morgan fingerprint density at radius 3 is 2.31 bits per heavy atom. The van der Waals surface area contributed by atoms with E-state index in [2.05, 4.69) is 20.9 Å². The molecule has 1 saturated heterocycles. The molecule has 1 unspecified atom stereocenters.